The number of benzene rings is 1. The molecule has 0 aliphatic rings. The molecule has 0 spiro atoms. The second-order valence-electron chi connectivity index (χ2n) is 5.50. The number of methoxy groups -OCH3 is 1. The summed E-state index contributed by atoms with van der Waals surface area (Å²) in [6.45, 7) is 1.91. The third-order valence-corrected chi connectivity index (χ3v) is 4.05. The number of hydrogen-bond donors (Lipinski definition) is 1. The molecule has 0 saturated carbocycles. The van der Waals surface area contributed by atoms with Crippen molar-refractivity contribution in [3.05, 3.63) is 60.2 Å². The number of carbonyl (C=O) groups is 1. The highest BCUT2D eigenvalue weighted by Gasteiger charge is 2.22. The van der Waals surface area contributed by atoms with Crippen LogP contribution in [0, 0.1) is 0 Å². The van der Waals surface area contributed by atoms with Gasteiger partial charge in [-0.2, -0.15) is 5.10 Å². The fraction of sp³-hybridized carbons (Fsp3) is 0.222. The highest BCUT2D eigenvalue weighted by Crippen LogP contribution is 2.24. The minimum atomic E-state index is -0.166. The van der Waals surface area contributed by atoms with Crippen LogP contribution in [-0.2, 0) is 0 Å². The number of nitrogens with zero attached hydrogens (tertiary/aromatic N) is 2. The average Bonchev–Trinajstić information content (AvgIpc) is 3.31. The Bertz CT molecular complexity index is 806. The molecule has 0 saturated heterocycles. The molecule has 0 fully saturated rings. The van der Waals surface area contributed by atoms with E-state index >= 15 is 0 Å². The highest BCUT2D eigenvalue weighted by molar-refractivity contribution is 5.93. The van der Waals surface area contributed by atoms with E-state index in [-0.39, 0.29) is 11.9 Å². The number of H-pyrrole nitrogens is 1. The molecule has 2 aromatic heterocycles. The maximum atomic E-state index is 12.6. The van der Waals surface area contributed by atoms with E-state index in [1.165, 1.54) is 0 Å². The molecule has 1 N–H and O–H groups in total. The van der Waals surface area contributed by atoms with Crippen molar-refractivity contribution in [2.24, 2.45) is 0 Å². The first-order valence-electron chi connectivity index (χ1n) is 7.60. The summed E-state index contributed by atoms with van der Waals surface area (Å²) in [6, 6.07) is 12.8. The second-order valence-corrected chi connectivity index (χ2v) is 5.50. The maximum Gasteiger partial charge on any atom is 0.272 e. The number of aromatic amines is 1. The molecule has 0 aliphatic carbocycles. The van der Waals surface area contributed by atoms with Crippen LogP contribution in [0.4, 0.5) is 0 Å². The number of carbonyl (C=O) groups excluding carboxylic acids is 1. The van der Waals surface area contributed by atoms with Gasteiger partial charge in [0.1, 0.15) is 17.2 Å². The van der Waals surface area contributed by atoms with Gasteiger partial charge in [0.25, 0.3) is 5.91 Å². The van der Waals surface area contributed by atoms with E-state index < -0.39 is 0 Å². The summed E-state index contributed by atoms with van der Waals surface area (Å²) in [5.41, 5.74) is 2.05. The van der Waals surface area contributed by atoms with Crippen LogP contribution in [0.1, 0.15) is 29.2 Å². The lowest BCUT2D eigenvalue weighted by molar-refractivity contribution is 0.0720. The van der Waals surface area contributed by atoms with E-state index in [0.717, 1.165) is 17.1 Å². The number of nitrogens with one attached hydrogen (secondary N) is 1. The fourth-order valence-corrected chi connectivity index (χ4v) is 2.43. The van der Waals surface area contributed by atoms with Crippen LogP contribution in [-0.4, -0.2) is 35.2 Å². The van der Waals surface area contributed by atoms with Crippen molar-refractivity contribution in [3.8, 4) is 17.0 Å². The normalized spacial score (nSPS) is 12.0. The van der Waals surface area contributed by atoms with E-state index in [4.69, 9.17) is 9.15 Å². The Balaban J connectivity index is 1.77. The van der Waals surface area contributed by atoms with E-state index in [1.807, 2.05) is 43.3 Å². The molecule has 6 heteroatoms. The minimum absolute atomic E-state index is 0.147. The Kier molecular flexibility index (Phi) is 4.37. The van der Waals surface area contributed by atoms with Gasteiger partial charge in [-0.1, -0.05) is 0 Å². The zero-order valence-corrected chi connectivity index (χ0v) is 13.8. The summed E-state index contributed by atoms with van der Waals surface area (Å²) in [5, 5.41) is 7.04. The Morgan fingerprint density at radius 3 is 2.67 bits per heavy atom. The van der Waals surface area contributed by atoms with Crippen LogP contribution in [0.2, 0.25) is 0 Å². The van der Waals surface area contributed by atoms with E-state index in [1.54, 1.807) is 31.4 Å². The molecule has 124 valence electrons. The second kappa shape index (κ2) is 6.62. The molecule has 6 nitrogen and oxygen atoms in total. The molecule has 24 heavy (non-hydrogen) atoms. The third-order valence-electron chi connectivity index (χ3n) is 4.05. The van der Waals surface area contributed by atoms with Gasteiger partial charge in [-0.15, -0.1) is 0 Å². The number of amides is 1. The van der Waals surface area contributed by atoms with Crippen molar-refractivity contribution in [1.29, 1.82) is 0 Å². The third kappa shape index (κ3) is 3.03. The molecular weight excluding hydrogens is 306 g/mol. The van der Waals surface area contributed by atoms with Crippen molar-refractivity contribution < 1.29 is 13.9 Å². The Hall–Kier alpha value is -3.02. The van der Waals surface area contributed by atoms with Crippen molar-refractivity contribution in [3.63, 3.8) is 0 Å². The van der Waals surface area contributed by atoms with Gasteiger partial charge in [0.05, 0.1) is 25.1 Å². The summed E-state index contributed by atoms with van der Waals surface area (Å²) < 4.78 is 10.5. The maximum absolute atomic E-state index is 12.6. The smallest absolute Gasteiger partial charge is 0.272 e. The van der Waals surface area contributed by atoms with Crippen LogP contribution in [0.5, 0.6) is 5.75 Å². The highest BCUT2D eigenvalue weighted by atomic mass is 16.5. The summed E-state index contributed by atoms with van der Waals surface area (Å²) in [7, 11) is 3.36. The van der Waals surface area contributed by atoms with Crippen molar-refractivity contribution in [2.45, 2.75) is 13.0 Å². The topological polar surface area (TPSA) is 71.4 Å². The average molecular weight is 325 g/mol. The number of hydrogen-bond acceptors (Lipinski definition) is 4. The molecule has 1 amide bonds. The van der Waals surface area contributed by atoms with Crippen LogP contribution in [0.15, 0.2) is 53.1 Å². The molecular formula is C18H19N3O3. The molecule has 3 rings (SSSR count). The lowest BCUT2D eigenvalue weighted by Gasteiger charge is -2.22. The van der Waals surface area contributed by atoms with Crippen LogP contribution >= 0.6 is 0 Å². The SMILES string of the molecule is COc1ccc(-c2cc(C(=O)N(C)[C@@H](C)c3ccco3)[nH]n2)cc1. The first kappa shape index (κ1) is 15.9. The molecule has 0 aliphatic heterocycles. The number of furan rings is 1. The Morgan fingerprint density at radius 1 is 1.29 bits per heavy atom. The van der Waals surface area contributed by atoms with Gasteiger partial charge in [-0.25, -0.2) is 0 Å². The quantitative estimate of drug-likeness (QED) is 0.779. The van der Waals surface area contributed by atoms with Gasteiger partial charge >= 0.3 is 0 Å². The number of ether oxygens (including phenoxy) is 1. The number of aromatic nitrogens is 2. The molecule has 0 unspecified atom stereocenters. The van der Waals surface area contributed by atoms with Crippen molar-refractivity contribution >= 4 is 5.91 Å². The molecule has 1 atom stereocenters. The van der Waals surface area contributed by atoms with Gasteiger partial charge < -0.3 is 14.1 Å². The predicted molar refractivity (Wildman–Crippen MR) is 89.8 cm³/mol. The van der Waals surface area contributed by atoms with E-state index in [9.17, 15) is 4.79 Å². The standard InChI is InChI=1S/C18H19N3O3/c1-12(17-5-4-10-24-17)21(2)18(22)16-11-15(19-20-16)13-6-8-14(23-3)9-7-13/h4-12H,1-3H3,(H,19,20)/t12-/m0/s1. The van der Waals surface area contributed by atoms with E-state index in [2.05, 4.69) is 10.2 Å². The van der Waals surface area contributed by atoms with Gasteiger partial charge in [-0.3, -0.25) is 9.89 Å². The first-order valence-corrected chi connectivity index (χ1v) is 7.60. The molecule has 2 heterocycles. The monoisotopic (exact) mass is 325 g/mol. The fourth-order valence-electron chi connectivity index (χ4n) is 2.43. The zero-order chi connectivity index (χ0) is 17.1. The summed E-state index contributed by atoms with van der Waals surface area (Å²) in [4.78, 5) is 14.2. The first-order chi connectivity index (χ1) is 11.6. The minimum Gasteiger partial charge on any atom is -0.497 e. The predicted octanol–water partition coefficient (Wildman–Crippen LogP) is 3.51. The van der Waals surface area contributed by atoms with Crippen molar-refractivity contribution in [2.75, 3.05) is 14.2 Å². The molecule has 0 bridgehead atoms. The van der Waals surface area contributed by atoms with Crippen molar-refractivity contribution in [1.82, 2.24) is 15.1 Å². The van der Waals surface area contributed by atoms with E-state index in [0.29, 0.717) is 11.4 Å². The summed E-state index contributed by atoms with van der Waals surface area (Å²) in [5.74, 6) is 1.37. The molecule has 3 aromatic rings. The largest absolute Gasteiger partial charge is 0.497 e. The van der Waals surface area contributed by atoms with Crippen LogP contribution in [0.3, 0.4) is 0 Å². The van der Waals surface area contributed by atoms with Crippen LogP contribution in [0.25, 0.3) is 11.3 Å². The summed E-state index contributed by atoms with van der Waals surface area (Å²) >= 11 is 0. The lowest BCUT2D eigenvalue weighted by atomic mass is 10.1. The molecule has 0 radical (unpaired) electrons. The number of rotatable bonds is 5. The van der Waals surface area contributed by atoms with Gasteiger partial charge in [0.15, 0.2) is 0 Å². The van der Waals surface area contributed by atoms with Crippen LogP contribution < -0.4 is 4.74 Å². The summed E-state index contributed by atoms with van der Waals surface area (Å²) in [6.07, 6.45) is 1.60. The molecule has 1 aromatic carbocycles. The zero-order valence-electron chi connectivity index (χ0n) is 13.8. The van der Waals surface area contributed by atoms with Gasteiger partial charge in [0, 0.05) is 12.6 Å². The Labute approximate surface area is 140 Å². The lowest BCUT2D eigenvalue weighted by Crippen LogP contribution is -2.29. The van der Waals surface area contributed by atoms with Gasteiger partial charge in [-0.05, 0) is 49.4 Å². The van der Waals surface area contributed by atoms with Gasteiger partial charge in [0.2, 0.25) is 0 Å². The Morgan fingerprint density at radius 2 is 2.04 bits per heavy atom.